The van der Waals surface area contributed by atoms with E-state index in [0.717, 1.165) is 12.8 Å². The van der Waals surface area contributed by atoms with Crippen molar-refractivity contribution in [1.82, 2.24) is 0 Å². The molecule has 4 atom stereocenters. The quantitative estimate of drug-likeness (QED) is 0.623. The molecule has 0 amide bonds. The van der Waals surface area contributed by atoms with Crippen LogP contribution in [0.1, 0.15) is 33.6 Å². The Morgan fingerprint density at radius 1 is 1.47 bits per heavy atom. The van der Waals surface area contributed by atoms with E-state index in [-0.39, 0.29) is 28.0 Å². The Morgan fingerprint density at radius 2 is 2.21 bits per heavy atom. The van der Waals surface area contributed by atoms with Crippen molar-refractivity contribution in [3.63, 3.8) is 0 Å². The summed E-state index contributed by atoms with van der Waals surface area (Å²) in [6.45, 7) is 10.8. The van der Waals surface area contributed by atoms with Crippen LogP contribution in [0.25, 0.3) is 0 Å². The first-order chi connectivity index (χ1) is 8.90. The zero-order chi connectivity index (χ0) is 14.1. The monoisotopic (exact) mass is 304 g/mol. The van der Waals surface area contributed by atoms with E-state index >= 15 is 0 Å². The van der Waals surface area contributed by atoms with Crippen LogP contribution in [0.4, 0.5) is 0 Å². The summed E-state index contributed by atoms with van der Waals surface area (Å²) >= 11 is 6.11. The molecule has 0 aliphatic carbocycles. The molecule has 2 aliphatic heterocycles. The zero-order valence-electron chi connectivity index (χ0n) is 11.9. The summed E-state index contributed by atoms with van der Waals surface area (Å²) in [5, 5.41) is 0. The minimum Gasteiger partial charge on any atom is -0.367 e. The Labute approximate surface area is 125 Å². The molecule has 2 rings (SSSR count). The standard InChI is InChI=1S/C14H24O3S2/c1-5-14(4)7-6-11(17-14)13(2,3)19-12-10(8-18)15-9-16-12/h5,10-12,18H,1,6-9H2,2-4H3. The van der Waals surface area contributed by atoms with E-state index in [2.05, 4.69) is 40.0 Å². The van der Waals surface area contributed by atoms with Gasteiger partial charge in [0, 0.05) is 10.5 Å². The van der Waals surface area contributed by atoms with E-state index in [1.165, 1.54) is 0 Å². The van der Waals surface area contributed by atoms with Crippen LogP contribution in [0.5, 0.6) is 0 Å². The van der Waals surface area contributed by atoms with Crippen molar-refractivity contribution in [1.29, 1.82) is 0 Å². The van der Waals surface area contributed by atoms with Gasteiger partial charge in [-0.3, -0.25) is 0 Å². The fourth-order valence-corrected chi connectivity index (χ4v) is 4.31. The van der Waals surface area contributed by atoms with E-state index in [1.54, 1.807) is 11.8 Å². The fraction of sp³-hybridized carbons (Fsp3) is 0.857. The van der Waals surface area contributed by atoms with Gasteiger partial charge in [0.15, 0.2) is 0 Å². The first kappa shape index (κ1) is 15.7. The molecule has 2 fully saturated rings. The molecule has 3 nitrogen and oxygen atoms in total. The van der Waals surface area contributed by atoms with Gasteiger partial charge in [0.25, 0.3) is 0 Å². The number of thioether (sulfide) groups is 1. The van der Waals surface area contributed by atoms with Gasteiger partial charge in [-0.1, -0.05) is 6.08 Å². The Morgan fingerprint density at radius 3 is 2.79 bits per heavy atom. The summed E-state index contributed by atoms with van der Waals surface area (Å²) in [4.78, 5) is 0. The van der Waals surface area contributed by atoms with E-state index in [9.17, 15) is 0 Å². The molecule has 2 saturated heterocycles. The average Bonchev–Trinajstić information content (AvgIpc) is 2.96. The largest absolute Gasteiger partial charge is 0.367 e. The SMILES string of the molecule is C=CC1(C)CCC(C(C)(C)SC2OCOC2CS)O1. The molecule has 19 heavy (non-hydrogen) atoms. The first-order valence-electron chi connectivity index (χ1n) is 6.73. The van der Waals surface area contributed by atoms with Gasteiger partial charge in [0.2, 0.25) is 0 Å². The predicted octanol–water partition coefficient (Wildman–Crippen LogP) is 3.25. The Balaban J connectivity index is 1.97. The summed E-state index contributed by atoms with van der Waals surface area (Å²) in [7, 11) is 0. The van der Waals surface area contributed by atoms with Crippen LogP contribution in [-0.2, 0) is 14.2 Å². The van der Waals surface area contributed by atoms with Gasteiger partial charge in [-0.2, -0.15) is 12.6 Å². The molecule has 2 aliphatic rings. The fourth-order valence-electron chi connectivity index (χ4n) is 2.50. The number of thiol groups is 1. The van der Waals surface area contributed by atoms with Gasteiger partial charge in [-0.15, -0.1) is 18.3 Å². The van der Waals surface area contributed by atoms with Crippen molar-refractivity contribution in [2.75, 3.05) is 12.5 Å². The van der Waals surface area contributed by atoms with E-state index in [0.29, 0.717) is 12.5 Å². The second-order valence-corrected chi connectivity index (χ2v) is 8.04. The lowest BCUT2D eigenvalue weighted by Gasteiger charge is -2.34. The molecule has 0 radical (unpaired) electrons. The van der Waals surface area contributed by atoms with Crippen LogP contribution < -0.4 is 0 Å². The van der Waals surface area contributed by atoms with Gasteiger partial charge >= 0.3 is 0 Å². The Hall–Kier alpha value is 0.320. The predicted molar refractivity (Wildman–Crippen MR) is 82.8 cm³/mol. The highest BCUT2D eigenvalue weighted by Crippen LogP contribution is 2.44. The summed E-state index contributed by atoms with van der Waals surface area (Å²) in [6, 6.07) is 0. The van der Waals surface area contributed by atoms with Gasteiger partial charge < -0.3 is 14.2 Å². The summed E-state index contributed by atoms with van der Waals surface area (Å²) in [6.07, 6.45) is 4.29. The highest BCUT2D eigenvalue weighted by Gasteiger charge is 2.45. The molecule has 4 unspecified atom stereocenters. The van der Waals surface area contributed by atoms with Crippen molar-refractivity contribution in [2.24, 2.45) is 0 Å². The van der Waals surface area contributed by atoms with E-state index < -0.39 is 0 Å². The third-order valence-corrected chi connectivity index (χ3v) is 5.84. The molecular weight excluding hydrogens is 280 g/mol. The highest BCUT2D eigenvalue weighted by molar-refractivity contribution is 8.01. The molecule has 2 heterocycles. The molecule has 110 valence electrons. The highest BCUT2D eigenvalue weighted by atomic mass is 32.2. The van der Waals surface area contributed by atoms with Gasteiger partial charge in [0.1, 0.15) is 18.3 Å². The van der Waals surface area contributed by atoms with Gasteiger partial charge in [-0.05, 0) is 33.6 Å². The van der Waals surface area contributed by atoms with Crippen LogP contribution in [0.3, 0.4) is 0 Å². The molecule has 0 N–H and O–H groups in total. The zero-order valence-corrected chi connectivity index (χ0v) is 13.6. The van der Waals surface area contributed by atoms with Crippen molar-refractivity contribution < 1.29 is 14.2 Å². The number of rotatable bonds is 5. The summed E-state index contributed by atoms with van der Waals surface area (Å²) < 4.78 is 17.3. The van der Waals surface area contributed by atoms with Gasteiger partial charge in [0.05, 0.1) is 11.7 Å². The molecular formula is C14H24O3S2. The molecule has 5 heteroatoms. The van der Waals surface area contributed by atoms with Crippen LogP contribution in [0.15, 0.2) is 12.7 Å². The maximum absolute atomic E-state index is 6.19. The van der Waals surface area contributed by atoms with Crippen molar-refractivity contribution in [2.45, 2.75) is 61.6 Å². The van der Waals surface area contributed by atoms with Crippen LogP contribution in [0.2, 0.25) is 0 Å². The third-order valence-electron chi connectivity index (χ3n) is 3.94. The van der Waals surface area contributed by atoms with Crippen LogP contribution in [-0.4, -0.2) is 40.5 Å². The third kappa shape index (κ3) is 3.50. The molecule has 0 aromatic carbocycles. The Bertz CT molecular complexity index is 335. The van der Waals surface area contributed by atoms with Crippen molar-refractivity contribution in [3.05, 3.63) is 12.7 Å². The van der Waals surface area contributed by atoms with Crippen LogP contribution >= 0.6 is 24.4 Å². The first-order valence-corrected chi connectivity index (χ1v) is 8.25. The second kappa shape index (κ2) is 5.98. The molecule has 0 spiro atoms. The number of hydrogen-bond acceptors (Lipinski definition) is 5. The van der Waals surface area contributed by atoms with E-state index in [4.69, 9.17) is 14.2 Å². The van der Waals surface area contributed by atoms with E-state index in [1.807, 2.05) is 6.08 Å². The summed E-state index contributed by atoms with van der Waals surface area (Å²) in [5.41, 5.74) is -0.134. The maximum atomic E-state index is 6.19. The average molecular weight is 304 g/mol. The van der Waals surface area contributed by atoms with Crippen molar-refractivity contribution in [3.8, 4) is 0 Å². The maximum Gasteiger partial charge on any atom is 0.148 e. The molecule has 0 saturated carbocycles. The lowest BCUT2D eigenvalue weighted by molar-refractivity contribution is -0.00873. The van der Waals surface area contributed by atoms with Crippen molar-refractivity contribution >= 4 is 24.4 Å². The Kier molecular flexibility index (Phi) is 4.94. The number of ether oxygens (including phenoxy) is 3. The topological polar surface area (TPSA) is 27.7 Å². The molecule has 0 aromatic heterocycles. The smallest absolute Gasteiger partial charge is 0.148 e. The number of hydrogen-bond donors (Lipinski definition) is 1. The molecule has 0 bridgehead atoms. The molecule has 0 aromatic rings. The lowest BCUT2D eigenvalue weighted by Crippen LogP contribution is -2.38. The lowest BCUT2D eigenvalue weighted by atomic mass is 9.99. The second-order valence-electron chi connectivity index (χ2n) is 5.92. The van der Waals surface area contributed by atoms with Gasteiger partial charge in [-0.25, -0.2) is 0 Å². The summed E-state index contributed by atoms with van der Waals surface area (Å²) in [5.74, 6) is 0.684. The normalized spacial score (nSPS) is 39.7. The minimum atomic E-state index is -0.182. The minimum absolute atomic E-state index is 0.0136. The van der Waals surface area contributed by atoms with Crippen LogP contribution in [0, 0.1) is 0 Å².